The maximum Gasteiger partial charge on any atom is 0.417 e. The fraction of sp³-hybridized carbons (Fsp3) is 0.750. The van der Waals surface area contributed by atoms with E-state index in [-0.39, 0.29) is 76.4 Å². The number of nitrogens with zero attached hydrogens (tertiary/aromatic N) is 9. The van der Waals surface area contributed by atoms with Gasteiger partial charge >= 0.3 is 6.18 Å². The van der Waals surface area contributed by atoms with Crippen LogP contribution in [0.3, 0.4) is 0 Å². The van der Waals surface area contributed by atoms with Crippen molar-refractivity contribution in [2.45, 2.75) is 228 Å². The van der Waals surface area contributed by atoms with E-state index in [9.17, 15) is 41.9 Å². The lowest BCUT2D eigenvalue weighted by Crippen LogP contribution is -2.65. The van der Waals surface area contributed by atoms with Crippen LogP contribution in [0.25, 0.3) is 0 Å². The van der Waals surface area contributed by atoms with Crippen molar-refractivity contribution in [2.24, 2.45) is 17.8 Å². The fourth-order valence-electron chi connectivity index (χ4n) is 15.7. The highest BCUT2D eigenvalue weighted by Crippen LogP contribution is 2.38. The molecular weight excluding hydrogens is 1330 g/mol. The number of fused-ring (bicyclic) bond motifs is 1. The van der Waals surface area contributed by atoms with Gasteiger partial charge in [0.15, 0.2) is 0 Å². The van der Waals surface area contributed by atoms with Crippen molar-refractivity contribution in [2.75, 3.05) is 102 Å². The maximum atomic E-state index is 15.8. The largest absolute Gasteiger partial charge is 0.417 e. The molecular formula is C72H110ClF3N12O13. The molecule has 0 aromatic heterocycles. The van der Waals surface area contributed by atoms with Gasteiger partial charge < -0.3 is 64.8 Å². The summed E-state index contributed by atoms with van der Waals surface area (Å²) in [5, 5.41) is 8.09. The van der Waals surface area contributed by atoms with Crippen LogP contribution in [0.15, 0.2) is 18.2 Å². The van der Waals surface area contributed by atoms with Gasteiger partial charge in [0, 0.05) is 82.7 Å². The summed E-state index contributed by atoms with van der Waals surface area (Å²) in [5.74, 6) is -8.44. The number of aryl methyl sites for hydroxylation is 1. The summed E-state index contributed by atoms with van der Waals surface area (Å²) in [6.07, 6.45) is 6.51. The Kier molecular flexibility index (Phi) is 29.6. The number of benzene rings is 1. The number of alkyl halides is 3. The number of amides is 12. The summed E-state index contributed by atoms with van der Waals surface area (Å²) in [5.41, 5.74) is -2.35. The fourth-order valence-corrected chi connectivity index (χ4v) is 16.0. The highest BCUT2D eigenvalue weighted by atomic mass is 35.5. The Morgan fingerprint density at radius 3 is 1.82 bits per heavy atom. The molecule has 3 N–H and O–H groups in total. The van der Waals surface area contributed by atoms with Gasteiger partial charge in [-0.1, -0.05) is 95.7 Å². The van der Waals surface area contributed by atoms with E-state index < -0.39 is 167 Å². The molecule has 3 heterocycles. The van der Waals surface area contributed by atoms with Crippen LogP contribution in [0.5, 0.6) is 0 Å². The topological polar surface area (TPSA) is 279 Å². The van der Waals surface area contributed by atoms with Gasteiger partial charge in [0.2, 0.25) is 70.9 Å². The SMILES string of the molecule is COCC[C@@H]1NC(=O)[C@H](CC(C)C)N(C)C(=O)C[C@@H](C(=O)N2CCCCC2)N(C)C(=O)[C@H](C2CCCCC2)N(C)C(=O)C2(CCCC2)NC(=O)[C@@H]2CCCN2C(=O)[C@H](CCc2ccc(C(F)(F)F)c(Cl)c2)NC(=O)CN(C)C(=O)[C@H](CC2CCCCC2)N(C)C(=O)CN(C)C(=O)CN(C)C1=O. The van der Waals surface area contributed by atoms with Crippen molar-refractivity contribution < 1.29 is 75.4 Å². The molecule has 0 bridgehead atoms. The van der Waals surface area contributed by atoms with Gasteiger partial charge in [-0.05, 0) is 125 Å². The second-order valence-corrected chi connectivity index (χ2v) is 30.1. The summed E-state index contributed by atoms with van der Waals surface area (Å²) >= 11 is 6.16. The first kappa shape index (κ1) is 81.2. The van der Waals surface area contributed by atoms with Gasteiger partial charge in [-0.2, -0.15) is 13.2 Å². The van der Waals surface area contributed by atoms with Crippen molar-refractivity contribution in [3.8, 4) is 0 Å². The lowest BCUT2D eigenvalue weighted by Gasteiger charge is -2.43. The zero-order chi connectivity index (χ0) is 74.2. The number of halogens is 4. The van der Waals surface area contributed by atoms with Crippen molar-refractivity contribution in [1.82, 2.24) is 60.0 Å². The van der Waals surface area contributed by atoms with Gasteiger partial charge in [-0.3, -0.25) is 57.5 Å². The van der Waals surface area contributed by atoms with E-state index in [0.717, 1.165) is 84.6 Å². The van der Waals surface area contributed by atoms with E-state index in [4.69, 9.17) is 16.3 Å². The monoisotopic (exact) mass is 1440 g/mol. The van der Waals surface area contributed by atoms with Crippen molar-refractivity contribution in [1.29, 1.82) is 0 Å². The van der Waals surface area contributed by atoms with Gasteiger partial charge in [-0.15, -0.1) is 0 Å². The lowest BCUT2D eigenvalue weighted by molar-refractivity contribution is -0.157. The molecule has 1 aromatic rings. The molecule has 0 radical (unpaired) electrons. The predicted molar refractivity (Wildman–Crippen MR) is 371 cm³/mol. The Morgan fingerprint density at radius 1 is 0.614 bits per heavy atom. The quantitative estimate of drug-likeness (QED) is 0.236. The average molecular weight is 1440 g/mol. The molecule has 3 saturated carbocycles. The van der Waals surface area contributed by atoms with Gasteiger partial charge in [-0.25, -0.2) is 0 Å². The number of piperidine rings is 1. The summed E-state index contributed by atoms with van der Waals surface area (Å²) in [7, 11) is 11.3. The Bertz CT molecular complexity index is 3120. The molecule has 1 aromatic carbocycles. The smallest absolute Gasteiger partial charge is 0.385 e. The van der Waals surface area contributed by atoms with Crippen LogP contribution in [0.4, 0.5) is 13.2 Å². The summed E-state index contributed by atoms with van der Waals surface area (Å²) < 4.78 is 47.0. The third kappa shape index (κ3) is 21.1. The second kappa shape index (κ2) is 36.9. The van der Waals surface area contributed by atoms with E-state index in [1.165, 1.54) is 87.0 Å². The molecule has 7 rings (SSSR count). The minimum Gasteiger partial charge on any atom is -0.385 e. The number of hydrogen-bond acceptors (Lipinski definition) is 13. The van der Waals surface area contributed by atoms with Gasteiger partial charge in [0.1, 0.15) is 47.8 Å². The number of carbonyl (C=O) groups excluding carboxylic acids is 12. The predicted octanol–water partition coefficient (Wildman–Crippen LogP) is 5.41. The molecule has 0 unspecified atom stereocenters. The van der Waals surface area contributed by atoms with E-state index in [1.807, 2.05) is 13.8 Å². The number of hydrogen-bond donors (Lipinski definition) is 3. The highest BCUT2D eigenvalue weighted by Gasteiger charge is 2.51. The van der Waals surface area contributed by atoms with Gasteiger partial charge in [0.25, 0.3) is 0 Å². The van der Waals surface area contributed by atoms with Crippen LogP contribution >= 0.6 is 11.6 Å². The first-order chi connectivity index (χ1) is 47.8. The first-order valence-corrected chi connectivity index (χ1v) is 36.8. The molecule has 101 heavy (non-hydrogen) atoms. The van der Waals surface area contributed by atoms with Gasteiger partial charge in [0.05, 0.1) is 36.6 Å². The molecule has 29 heteroatoms. The minimum atomic E-state index is -4.76. The Balaban J connectivity index is 1.29. The molecule has 12 amide bonds. The van der Waals surface area contributed by atoms with Crippen molar-refractivity contribution in [3.63, 3.8) is 0 Å². The molecule has 3 aliphatic carbocycles. The number of carbonyl (C=O) groups is 12. The molecule has 6 fully saturated rings. The van der Waals surface area contributed by atoms with E-state index in [2.05, 4.69) is 16.0 Å². The molecule has 3 aliphatic heterocycles. The highest BCUT2D eigenvalue weighted by molar-refractivity contribution is 6.31. The summed E-state index contributed by atoms with van der Waals surface area (Å²) in [4.78, 5) is 191. The third-order valence-corrected chi connectivity index (χ3v) is 22.1. The second-order valence-electron chi connectivity index (χ2n) is 29.6. The van der Waals surface area contributed by atoms with Crippen LogP contribution in [-0.4, -0.2) is 265 Å². The van der Waals surface area contributed by atoms with Crippen molar-refractivity contribution >= 4 is 82.5 Å². The normalized spacial score (nSPS) is 26.5. The van der Waals surface area contributed by atoms with E-state index in [1.54, 1.807) is 4.90 Å². The van der Waals surface area contributed by atoms with Crippen LogP contribution in [-0.2, 0) is 74.9 Å². The minimum absolute atomic E-state index is 0.00746. The first-order valence-electron chi connectivity index (χ1n) is 36.4. The Morgan fingerprint density at radius 2 is 1.21 bits per heavy atom. The standard InChI is InChI=1S/C72H110ClF3N12O13/c1-46(2)39-55-63(93)78-53(32-38-101-10)65(95)82(5)44-60(91)80(3)45-61(92)84(7)56(41-47-23-14-11-15-24-47)67(97)81(4)43-58(89)77-52(31-29-48-28-30-50(51(73)40-48)72(74,75)76)66(96)88-37-22-27-54(88)64(94)79-71(33-18-19-34-71)70(100)86(9)62(49-25-16-12-17-26-49)69(99)85(8)57(42-59(90)83(55)6)68(98)87-35-20-13-21-36-87/h28,30,40,46-47,49,52-57,62H,11-27,29,31-39,41-45H2,1-10H3,(H,77,89)(H,78,93)(H,79,94)/t52-,53-,54-,55-,56-,57-,62-/m0/s1. The van der Waals surface area contributed by atoms with E-state index >= 15 is 28.8 Å². The van der Waals surface area contributed by atoms with Crippen molar-refractivity contribution in [3.05, 3.63) is 34.3 Å². The number of rotatable bonds is 12. The van der Waals surface area contributed by atoms with E-state index in [0.29, 0.717) is 63.6 Å². The number of likely N-dealkylation sites (N-methyl/N-ethyl adjacent to an activating group) is 7. The molecule has 25 nitrogen and oxygen atoms in total. The summed E-state index contributed by atoms with van der Waals surface area (Å²) in [6, 6.07) is -5.68. The van der Waals surface area contributed by atoms with Crippen LogP contribution in [0.1, 0.15) is 179 Å². The van der Waals surface area contributed by atoms with Crippen LogP contribution in [0, 0.1) is 17.8 Å². The third-order valence-electron chi connectivity index (χ3n) is 21.8. The maximum absolute atomic E-state index is 15.8. The molecule has 7 atom stereocenters. The molecule has 1 spiro atoms. The molecule has 6 aliphatic rings. The number of nitrogens with one attached hydrogen (secondary N) is 3. The zero-order valence-corrected chi connectivity index (χ0v) is 61.7. The Labute approximate surface area is 598 Å². The molecule has 564 valence electrons. The van der Waals surface area contributed by atoms with Crippen LogP contribution < -0.4 is 16.0 Å². The Hall–Kier alpha value is -7.10. The lowest BCUT2D eigenvalue weighted by atomic mass is 9.81. The number of likely N-dealkylation sites (tertiary alicyclic amines) is 1. The van der Waals surface area contributed by atoms with Crippen LogP contribution in [0.2, 0.25) is 5.02 Å². The summed E-state index contributed by atoms with van der Waals surface area (Å²) in [6.45, 7) is 2.75. The molecule has 3 saturated heterocycles. The zero-order valence-electron chi connectivity index (χ0n) is 61.0. The number of ether oxygens (including phenoxy) is 1. The number of methoxy groups -OCH3 is 1. The average Bonchev–Trinajstić information content (AvgIpc) is 1.60.